The van der Waals surface area contributed by atoms with Crippen molar-refractivity contribution in [2.24, 2.45) is 12.0 Å². The number of anilines is 1. The molecule has 166 valence electrons. The molecule has 1 aromatic carbocycles. The third-order valence-corrected chi connectivity index (χ3v) is 6.84. The van der Waals surface area contributed by atoms with Gasteiger partial charge in [-0.2, -0.15) is 13.9 Å². The Balaban J connectivity index is 1.50. The zero-order valence-electron chi connectivity index (χ0n) is 17.7. The van der Waals surface area contributed by atoms with Crippen LogP contribution in [0, 0.1) is 11.8 Å². The molecule has 2 aliphatic heterocycles. The number of rotatable bonds is 5. The van der Waals surface area contributed by atoms with E-state index in [9.17, 15) is 13.6 Å². The number of halogens is 2. The first-order valence-electron chi connectivity index (χ1n) is 10.3. The summed E-state index contributed by atoms with van der Waals surface area (Å²) in [7, 11) is 1.81. The van der Waals surface area contributed by atoms with Gasteiger partial charge in [-0.05, 0) is 55.8 Å². The van der Waals surface area contributed by atoms with E-state index in [4.69, 9.17) is 0 Å². The lowest BCUT2D eigenvalue weighted by Crippen LogP contribution is -2.52. The van der Waals surface area contributed by atoms with Crippen molar-refractivity contribution in [1.82, 2.24) is 19.4 Å². The number of benzene rings is 1. The number of aliphatic imine (C=N–C) groups is 1. The Labute approximate surface area is 189 Å². The van der Waals surface area contributed by atoms with Gasteiger partial charge in [0.05, 0.1) is 30.5 Å². The van der Waals surface area contributed by atoms with Crippen LogP contribution in [0.4, 0.5) is 14.5 Å². The van der Waals surface area contributed by atoms with Gasteiger partial charge in [0.1, 0.15) is 6.04 Å². The van der Waals surface area contributed by atoms with E-state index in [1.807, 2.05) is 37.4 Å². The average Bonchev–Trinajstić information content (AvgIpc) is 3.15. The normalized spacial score (nSPS) is 20.6. The molecule has 0 saturated heterocycles. The largest absolute Gasteiger partial charge is 0.298 e. The van der Waals surface area contributed by atoms with Gasteiger partial charge < -0.3 is 0 Å². The average molecular weight is 457 g/mol. The maximum atomic E-state index is 13.5. The number of alkyl halides is 2. The monoisotopic (exact) mass is 456 g/mol. The van der Waals surface area contributed by atoms with Gasteiger partial charge in [0.15, 0.2) is 0 Å². The summed E-state index contributed by atoms with van der Waals surface area (Å²) < 4.78 is 30.6. The third-order valence-electron chi connectivity index (χ3n) is 5.75. The highest BCUT2D eigenvalue weighted by molar-refractivity contribution is 7.97. The number of amides is 1. The lowest BCUT2D eigenvalue weighted by atomic mass is 10.1. The fourth-order valence-electron chi connectivity index (χ4n) is 3.77. The number of hydrogen-bond acceptors (Lipinski definition) is 6. The second-order valence-electron chi connectivity index (χ2n) is 8.47. The van der Waals surface area contributed by atoms with E-state index in [1.54, 1.807) is 20.7 Å². The van der Waals surface area contributed by atoms with Crippen molar-refractivity contribution in [3.63, 3.8) is 0 Å². The molecule has 2 aromatic rings. The van der Waals surface area contributed by atoms with E-state index in [0.29, 0.717) is 17.2 Å². The van der Waals surface area contributed by atoms with Crippen LogP contribution in [-0.4, -0.2) is 51.1 Å². The first-order valence-corrected chi connectivity index (χ1v) is 11.1. The number of carbonyl (C=O) groups is 1. The van der Waals surface area contributed by atoms with Gasteiger partial charge in [-0.25, -0.2) is 4.99 Å². The summed E-state index contributed by atoms with van der Waals surface area (Å²) in [6.07, 6.45) is 3.07. The maximum absolute atomic E-state index is 13.5. The minimum absolute atomic E-state index is 0.141. The zero-order chi connectivity index (χ0) is 22.5. The Kier molecular flexibility index (Phi) is 5.18. The minimum Gasteiger partial charge on any atom is -0.295 e. The van der Waals surface area contributed by atoms with Crippen molar-refractivity contribution >= 4 is 29.5 Å². The van der Waals surface area contributed by atoms with Crippen LogP contribution >= 0.6 is 11.9 Å². The van der Waals surface area contributed by atoms with E-state index in [2.05, 4.69) is 27.7 Å². The van der Waals surface area contributed by atoms with E-state index in [0.717, 1.165) is 23.3 Å². The molecule has 5 rings (SSSR count). The smallest absolute Gasteiger partial charge is 0.295 e. The first kappa shape index (κ1) is 21.0. The summed E-state index contributed by atoms with van der Waals surface area (Å²) in [6, 6.07) is 5.08. The molecule has 1 atom stereocenters. The molecule has 1 aliphatic carbocycles. The predicted molar refractivity (Wildman–Crippen MR) is 119 cm³/mol. The summed E-state index contributed by atoms with van der Waals surface area (Å²) in [6.45, 7) is 2.67. The number of aromatic nitrogens is 2. The van der Waals surface area contributed by atoms with Crippen LogP contribution in [0.15, 0.2) is 40.5 Å². The molecule has 10 heteroatoms. The molecule has 1 saturated carbocycles. The van der Waals surface area contributed by atoms with Crippen molar-refractivity contribution in [2.75, 3.05) is 11.4 Å². The quantitative estimate of drug-likeness (QED) is 0.554. The highest BCUT2D eigenvalue weighted by Gasteiger charge is 2.42. The molecule has 32 heavy (non-hydrogen) atoms. The minimum atomic E-state index is -2.72. The van der Waals surface area contributed by atoms with Gasteiger partial charge in [-0.1, -0.05) is 5.92 Å². The summed E-state index contributed by atoms with van der Waals surface area (Å²) >= 11 is 1.50. The first-order chi connectivity index (χ1) is 15.3. The van der Waals surface area contributed by atoms with Crippen LogP contribution in [0.2, 0.25) is 0 Å². The number of fused-ring (bicyclic) bond motifs is 3. The van der Waals surface area contributed by atoms with Crippen LogP contribution in [0.3, 0.4) is 0 Å². The van der Waals surface area contributed by atoms with Crippen LogP contribution in [0.25, 0.3) is 0 Å². The van der Waals surface area contributed by atoms with Crippen molar-refractivity contribution in [3.05, 3.63) is 41.7 Å². The van der Waals surface area contributed by atoms with Crippen molar-refractivity contribution in [1.29, 1.82) is 0 Å². The highest BCUT2D eigenvalue weighted by Crippen LogP contribution is 2.39. The molecule has 0 spiro atoms. The molecule has 1 amide bonds. The topological polar surface area (TPSA) is 65.8 Å². The number of carbonyl (C=O) groups excluding carboxylic acids is 1. The van der Waals surface area contributed by atoms with E-state index < -0.39 is 12.5 Å². The van der Waals surface area contributed by atoms with E-state index in [-0.39, 0.29) is 24.5 Å². The second-order valence-corrected chi connectivity index (χ2v) is 9.35. The van der Waals surface area contributed by atoms with Gasteiger partial charge in [0.2, 0.25) is 5.96 Å². The van der Waals surface area contributed by atoms with Gasteiger partial charge in [0, 0.05) is 29.2 Å². The van der Waals surface area contributed by atoms with E-state index >= 15 is 0 Å². The van der Waals surface area contributed by atoms with E-state index in [1.165, 1.54) is 11.9 Å². The summed E-state index contributed by atoms with van der Waals surface area (Å²) in [4.78, 5) is 22.3. The van der Waals surface area contributed by atoms with Crippen LogP contribution < -0.4 is 9.62 Å². The van der Waals surface area contributed by atoms with Gasteiger partial charge in [-0.3, -0.25) is 24.0 Å². The van der Waals surface area contributed by atoms with Crippen LogP contribution in [0.5, 0.6) is 0 Å². The molecule has 3 aliphatic rings. The number of nitrogens with zero attached hydrogens (tertiary/aromatic N) is 5. The Hall–Kier alpha value is -2.90. The molecule has 1 unspecified atom stereocenters. The molecule has 7 nitrogen and oxygen atoms in total. The molecular formula is C22H22F2N6OS. The fraction of sp³-hybridized carbons (Fsp3) is 0.409. The summed E-state index contributed by atoms with van der Waals surface area (Å²) in [5.74, 6) is 4.84. The second kappa shape index (κ2) is 7.90. The van der Waals surface area contributed by atoms with Gasteiger partial charge >= 0.3 is 0 Å². The lowest BCUT2D eigenvalue weighted by Gasteiger charge is -2.37. The van der Waals surface area contributed by atoms with Crippen molar-refractivity contribution in [2.45, 2.75) is 49.2 Å². The molecule has 3 heterocycles. The Morgan fingerprint density at radius 2 is 2.19 bits per heavy atom. The molecular weight excluding hydrogens is 434 g/mol. The third kappa shape index (κ3) is 3.98. The SMILES string of the molecule is Cn1cc(CN2C(=O)c3cc(SNC4(C)CC4)ccc3N3C2=NCC3C#CC(F)F)cn1. The summed E-state index contributed by atoms with van der Waals surface area (Å²) in [5, 5.41) is 4.18. The Bertz CT molecular complexity index is 1160. The fourth-order valence-corrected chi connectivity index (χ4v) is 4.65. The van der Waals surface area contributed by atoms with Crippen molar-refractivity contribution < 1.29 is 13.6 Å². The Morgan fingerprint density at radius 3 is 2.88 bits per heavy atom. The zero-order valence-corrected chi connectivity index (χ0v) is 18.5. The number of hydrogen-bond donors (Lipinski definition) is 1. The highest BCUT2D eigenvalue weighted by atomic mass is 32.2. The number of nitrogens with one attached hydrogen (secondary N) is 1. The maximum Gasteiger partial charge on any atom is 0.298 e. The summed E-state index contributed by atoms with van der Waals surface area (Å²) in [5.41, 5.74) is 2.14. The molecule has 0 bridgehead atoms. The number of aryl methyl sites for hydroxylation is 1. The van der Waals surface area contributed by atoms with Crippen LogP contribution in [-0.2, 0) is 13.6 Å². The molecule has 1 aromatic heterocycles. The number of guanidine groups is 1. The van der Waals surface area contributed by atoms with Crippen molar-refractivity contribution in [3.8, 4) is 11.8 Å². The van der Waals surface area contributed by atoms with Crippen LogP contribution in [0.1, 0.15) is 35.7 Å². The van der Waals surface area contributed by atoms with Gasteiger partial charge in [-0.15, -0.1) is 0 Å². The molecule has 1 fully saturated rings. The Morgan fingerprint density at radius 1 is 1.38 bits per heavy atom. The molecule has 1 N–H and O–H groups in total. The molecule has 0 radical (unpaired) electrons. The lowest BCUT2D eigenvalue weighted by molar-refractivity contribution is 0.0833. The predicted octanol–water partition coefficient (Wildman–Crippen LogP) is 3.04. The standard InChI is InChI=1S/C22H22F2N6OS/c1-22(7-8-22)27-32-16-4-5-18-17(9-16)20(31)29(13-14-10-26-28(2)12-14)21-25-11-15(30(18)21)3-6-19(23)24/h4-5,9-10,12,15,19,27H,7-8,11,13H2,1-2H3. The van der Waals surface area contributed by atoms with Gasteiger partial charge in [0.25, 0.3) is 12.3 Å².